The molecule has 1 aliphatic heterocycles. The maximum absolute atomic E-state index is 5.74. The Morgan fingerprint density at radius 2 is 2.24 bits per heavy atom. The monoisotopic (exact) mass is 233 g/mol. The van der Waals surface area contributed by atoms with Gasteiger partial charge in [-0.1, -0.05) is 26.0 Å². The third-order valence-corrected chi connectivity index (χ3v) is 3.37. The molecule has 1 N–H and O–H groups in total. The van der Waals surface area contributed by atoms with Crippen LogP contribution in [0.5, 0.6) is 5.75 Å². The zero-order chi connectivity index (χ0) is 12.3. The summed E-state index contributed by atoms with van der Waals surface area (Å²) in [6, 6.07) is 7.13. The highest BCUT2D eigenvalue weighted by Crippen LogP contribution is 2.31. The van der Waals surface area contributed by atoms with Gasteiger partial charge in [-0.15, -0.1) is 0 Å². The van der Waals surface area contributed by atoms with Gasteiger partial charge >= 0.3 is 0 Å². The van der Waals surface area contributed by atoms with Crippen LogP contribution in [0.1, 0.15) is 50.8 Å². The summed E-state index contributed by atoms with van der Waals surface area (Å²) in [7, 11) is 0. The molecular formula is C15H23NO. The second-order valence-electron chi connectivity index (χ2n) is 4.91. The lowest BCUT2D eigenvalue weighted by Gasteiger charge is -2.17. The zero-order valence-corrected chi connectivity index (χ0v) is 11.1. The van der Waals surface area contributed by atoms with Crippen molar-refractivity contribution in [2.45, 2.75) is 52.2 Å². The number of hydrogen-bond donors (Lipinski definition) is 1. The van der Waals surface area contributed by atoms with Gasteiger partial charge < -0.3 is 10.1 Å². The third kappa shape index (κ3) is 2.81. The fourth-order valence-electron chi connectivity index (χ4n) is 2.48. The topological polar surface area (TPSA) is 21.3 Å². The molecule has 1 aromatic rings. The van der Waals surface area contributed by atoms with Crippen LogP contribution in [-0.2, 0) is 6.42 Å². The molecule has 2 unspecified atom stereocenters. The highest BCUT2D eigenvalue weighted by atomic mass is 16.5. The van der Waals surface area contributed by atoms with Gasteiger partial charge in [-0.2, -0.15) is 0 Å². The minimum Gasteiger partial charge on any atom is -0.490 e. The average Bonchev–Trinajstić information content (AvgIpc) is 2.69. The van der Waals surface area contributed by atoms with E-state index in [2.05, 4.69) is 44.3 Å². The lowest BCUT2D eigenvalue weighted by atomic mass is 10.00. The maximum Gasteiger partial charge on any atom is 0.123 e. The van der Waals surface area contributed by atoms with E-state index >= 15 is 0 Å². The molecule has 1 aliphatic rings. The molecule has 0 radical (unpaired) electrons. The lowest BCUT2D eigenvalue weighted by Crippen LogP contribution is -2.21. The molecule has 1 heterocycles. The zero-order valence-electron chi connectivity index (χ0n) is 11.1. The van der Waals surface area contributed by atoms with Crippen molar-refractivity contribution in [3.63, 3.8) is 0 Å². The van der Waals surface area contributed by atoms with E-state index in [9.17, 15) is 0 Å². The Morgan fingerprint density at radius 1 is 1.41 bits per heavy atom. The van der Waals surface area contributed by atoms with Gasteiger partial charge in [-0.3, -0.25) is 0 Å². The molecule has 2 atom stereocenters. The normalized spacial score (nSPS) is 19.8. The van der Waals surface area contributed by atoms with Crippen molar-refractivity contribution in [3.05, 3.63) is 29.3 Å². The summed E-state index contributed by atoms with van der Waals surface area (Å²) in [5, 5.41) is 3.60. The van der Waals surface area contributed by atoms with E-state index in [1.54, 1.807) is 0 Å². The number of hydrogen-bond acceptors (Lipinski definition) is 2. The van der Waals surface area contributed by atoms with Gasteiger partial charge in [0.2, 0.25) is 0 Å². The minimum atomic E-state index is 0.337. The Hall–Kier alpha value is -1.02. The quantitative estimate of drug-likeness (QED) is 0.841. The van der Waals surface area contributed by atoms with Crippen LogP contribution in [0.3, 0.4) is 0 Å². The number of benzene rings is 1. The van der Waals surface area contributed by atoms with E-state index in [0.717, 1.165) is 25.1 Å². The second-order valence-corrected chi connectivity index (χ2v) is 4.91. The fraction of sp³-hybridized carbons (Fsp3) is 0.600. The molecular weight excluding hydrogens is 210 g/mol. The molecule has 0 saturated heterocycles. The van der Waals surface area contributed by atoms with E-state index < -0.39 is 0 Å². The van der Waals surface area contributed by atoms with Crippen molar-refractivity contribution in [2.24, 2.45) is 0 Å². The van der Waals surface area contributed by atoms with Crippen molar-refractivity contribution in [1.29, 1.82) is 0 Å². The molecule has 94 valence electrons. The van der Waals surface area contributed by atoms with Crippen LogP contribution in [0.15, 0.2) is 18.2 Å². The summed E-state index contributed by atoms with van der Waals surface area (Å²) in [5.41, 5.74) is 2.77. The summed E-state index contributed by atoms with van der Waals surface area (Å²) >= 11 is 0. The van der Waals surface area contributed by atoms with Crippen LogP contribution in [0.4, 0.5) is 0 Å². The highest BCUT2D eigenvalue weighted by molar-refractivity contribution is 5.41. The summed E-state index contributed by atoms with van der Waals surface area (Å²) in [4.78, 5) is 0. The minimum absolute atomic E-state index is 0.337. The lowest BCUT2D eigenvalue weighted by molar-refractivity contribution is 0.254. The summed E-state index contributed by atoms with van der Waals surface area (Å²) in [6.07, 6.45) is 3.70. The third-order valence-electron chi connectivity index (χ3n) is 3.37. The Morgan fingerprint density at radius 3 is 2.94 bits per heavy atom. The smallest absolute Gasteiger partial charge is 0.123 e. The molecule has 0 amide bonds. The predicted octanol–water partition coefficient (Wildman–Crippen LogP) is 3.46. The van der Waals surface area contributed by atoms with Crippen LogP contribution in [0.25, 0.3) is 0 Å². The van der Waals surface area contributed by atoms with E-state index in [0.29, 0.717) is 12.1 Å². The standard InChI is InChI=1S/C15H23NO/c1-4-8-16-14(5-2)12-6-7-15-13(10-12)9-11(3)17-15/h6-7,10-11,14,16H,4-5,8-9H2,1-3H3. The Labute approximate surface area is 104 Å². The summed E-state index contributed by atoms with van der Waals surface area (Å²) in [6.45, 7) is 7.66. The molecule has 2 rings (SSSR count). The fourth-order valence-corrected chi connectivity index (χ4v) is 2.48. The molecule has 0 spiro atoms. The number of rotatable bonds is 5. The Kier molecular flexibility index (Phi) is 4.06. The molecule has 0 aliphatic carbocycles. The first-order chi connectivity index (χ1) is 8.24. The first-order valence-corrected chi connectivity index (χ1v) is 6.77. The van der Waals surface area contributed by atoms with Crippen molar-refractivity contribution < 1.29 is 4.74 Å². The van der Waals surface area contributed by atoms with Gasteiger partial charge in [-0.25, -0.2) is 0 Å². The molecule has 0 bridgehead atoms. The van der Waals surface area contributed by atoms with Crippen LogP contribution in [-0.4, -0.2) is 12.6 Å². The van der Waals surface area contributed by atoms with Gasteiger partial charge in [0, 0.05) is 12.5 Å². The Balaban J connectivity index is 2.13. The van der Waals surface area contributed by atoms with Crippen molar-refractivity contribution in [3.8, 4) is 5.75 Å². The molecule has 17 heavy (non-hydrogen) atoms. The summed E-state index contributed by atoms with van der Waals surface area (Å²) < 4.78 is 5.74. The average molecular weight is 233 g/mol. The van der Waals surface area contributed by atoms with E-state index in [4.69, 9.17) is 4.74 Å². The van der Waals surface area contributed by atoms with Gasteiger partial charge in [0.25, 0.3) is 0 Å². The van der Waals surface area contributed by atoms with Crippen molar-refractivity contribution in [2.75, 3.05) is 6.54 Å². The van der Waals surface area contributed by atoms with Gasteiger partial charge in [0.1, 0.15) is 11.9 Å². The number of fused-ring (bicyclic) bond motifs is 1. The largest absolute Gasteiger partial charge is 0.490 e. The number of nitrogens with one attached hydrogen (secondary N) is 1. The van der Waals surface area contributed by atoms with E-state index in [1.807, 2.05) is 0 Å². The molecule has 2 nitrogen and oxygen atoms in total. The molecule has 0 saturated carbocycles. The van der Waals surface area contributed by atoms with Gasteiger partial charge in [-0.05, 0) is 43.5 Å². The van der Waals surface area contributed by atoms with Gasteiger partial charge in [0.05, 0.1) is 0 Å². The van der Waals surface area contributed by atoms with Crippen LogP contribution >= 0.6 is 0 Å². The van der Waals surface area contributed by atoms with Crippen LogP contribution < -0.4 is 10.1 Å². The predicted molar refractivity (Wildman–Crippen MR) is 71.6 cm³/mol. The second kappa shape index (κ2) is 5.54. The Bertz CT molecular complexity index is 375. The molecule has 2 heteroatoms. The van der Waals surface area contributed by atoms with Crippen molar-refractivity contribution >= 4 is 0 Å². The first-order valence-electron chi connectivity index (χ1n) is 6.77. The van der Waals surface area contributed by atoms with Crippen LogP contribution in [0, 0.1) is 0 Å². The van der Waals surface area contributed by atoms with Crippen LogP contribution in [0.2, 0.25) is 0 Å². The highest BCUT2D eigenvalue weighted by Gasteiger charge is 2.20. The van der Waals surface area contributed by atoms with Gasteiger partial charge in [0.15, 0.2) is 0 Å². The molecule has 1 aromatic carbocycles. The molecule has 0 aromatic heterocycles. The van der Waals surface area contributed by atoms with E-state index in [1.165, 1.54) is 17.5 Å². The van der Waals surface area contributed by atoms with E-state index in [-0.39, 0.29) is 0 Å². The number of ether oxygens (including phenoxy) is 1. The summed E-state index contributed by atoms with van der Waals surface area (Å²) in [5.74, 6) is 1.08. The molecule has 0 fully saturated rings. The SMILES string of the molecule is CCCNC(CC)c1ccc2c(c1)CC(C)O2. The maximum atomic E-state index is 5.74. The first kappa shape index (κ1) is 12.4. The van der Waals surface area contributed by atoms with Crippen molar-refractivity contribution in [1.82, 2.24) is 5.32 Å².